The van der Waals surface area contributed by atoms with Gasteiger partial charge < -0.3 is 5.32 Å². The van der Waals surface area contributed by atoms with Crippen molar-refractivity contribution in [2.24, 2.45) is 0 Å². The zero-order valence-electron chi connectivity index (χ0n) is 18.2. The number of ketones is 2. The Kier molecular flexibility index (Phi) is 6.43. The molecule has 0 fully saturated rings. The summed E-state index contributed by atoms with van der Waals surface area (Å²) in [7, 11) is 0. The van der Waals surface area contributed by atoms with Crippen LogP contribution in [0.2, 0.25) is 0 Å². The van der Waals surface area contributed by atoms with E-state index in [0.29, 0.717) is 33.0 Å². The quantitative estimate of drug-likeness (QED) is 0.469. The summed E-state index contributed by atoms with van der Waals surface area (Å²) in [5.41, 5.74) is 2.68. The van der Waals surface area contributed by atoms with Gasteiger partial charge in [0.15, 0.2) is 11.6 Å². The Morgan fingerprint density at radius 2 is 1.76 bits per heavy atom. The molecule has 1 unspecified atom stereocenters. The number of Topliss-reactive ketones (excluding diaryl/α,β-unsaturated/α-hetero) is 2. The lowest BCUT2D eigenvalue weighted by Gasteiger charge is -2.29. The molecule has 6 heteroatoms. The molecule has 3 aromatic carbocycles. The number of benzene rings is 3. The van der Waals surface area contributed by atoms with Crippen LogP contribution < -0.4 is 5.32 Å². The molecule has 1 heterocycles. The fourth-order valence-corrected chi connectivity index (χ4v) is 5.05. The molecule has 0 saturated heterocycles. The Morgan fingerprint density at radius 3 is 2.42 bits per heavy atom. The first kappa shape index (κ1) is 22.5. The number of nitriles is 1. The van der Waals surface area contributed by atoms with E-state index >= 15 is 0 Å². The Labute approximate surface area is 195 Å². The lowest BCUT2D eigenvalue weighted by molar-refractivity contribution is -0.113. The summed E-state index contributed by atoms with van der Waals surface area (Å²) < 4.78 is 13.5. The molecule has 0 saturated carbocycles. The molecule has 0 amide bonds. The van der Waals surface area contributed by atoms with E-state index in [9.17, 15) is 19.2 Å². The van der Waals surface area contributed by atoms with Crippen LogP contribution >= 0.6 is 11.8 Å². The predicted octanol–water partition coefficient (Wildman–Crippen LogP) is 5.88. The topological polar surface area (TPSA) is 70.0 Å². The maximum absolute atomic E-state index is 13.5. The number of hydrogen-bond acceptors (Lipinski definition) is 5. The fourth-order valence-electron chi connectivity index (χ4n) is 4.07. The van der Waals surface area contributed by atoms with Gasteiger partial charge in [-0.25, -0.2) is 4.39 Å². The van der Waals surface area contributed by atoms with Crippen LogP contribution in [0.1, 0.15) is 35.7 Å². The number of nitrogens with one attached hydrogen (secondary N) is 1. The van der Waals surface area contributed by atoms with Crippen LogP contribution in [0.25, 0.3) is 10.8 Å². The van der Waals surface area contributed by atoms with Crippen LogP contribution in [-0.4, -0.2) is 17.3 Å². The number of carbonyl (C=O) groups is 2. The lowest BCUT2D eigenvalue weighted by atomic mass is 9.81. The third-order valence-corrected chi connectivity index (χ3v) is 6.67. The van der Waals surface area contributed by atoms with Gasteiger partial charge in [0.2, 0.25) is 0 Å². The molecule has 4 rings (SSSR count). The van der Waals surface area contributed by atoms with Gasteiger partial charge in [-0.05, 0) is 48.4 Å². The van der Waals surface area contributed by atoms with Crippen molar-refractivity contribution in [3.8, 4) is 6.07 Å². The molecule has 0 aliphatic carbocycles. The molecular formula is C27H21FN2O2S. The van der Waals surface area contributed by atoms with Crippen LogP contribution in [0.4, 0.5) is 4.39 Å². The molecule has 1 aliphatic heterocycles. The first-order valence-corrected chi connectivity index (χ1v) is 11.4. The minimum Gasteiger partial charge on any atom is -0.353 e. The predicted molar refractivity (Wildman–Crippen MR) is 129 cm³/mol. The van der Waals surface area contributed by atoms with Gasteiger partial charge in [-0.2, -0.15) is 5.26 Å². The number of hydrogen-bond donors (Lipinski definition) is 1. The van der Waals surface area contributed by atoms with Crippen molar-refractivity contribution in [2.75, 3.05) is 5.75 Å². The normalized spacial score (nSPS) is 15.9. The fraction of sp³-hybridized carbons (Fsp3) is 0.148. The Morgan fingerprint density at radius 1 is 1.06 bits per heavy atom. The van der Waals surface area contributed by atoms with Crippen LogP contribution in [0.3, 0.4) is 0 Å². The second-order valence-electron chi connectivity index (χ2n) is 7.83. The summed E-state index contributed by atoms with van der Waals surface area (Å²) in [5, 5.41) is 15.7. The Balaban J connectivity index is 1.64. The number of dihydropyridines is 1. The van der Waals surface area contributed by atoms with E-state index in [-0.39, 0.29) is 17.3 Å². The van der Waals surface area contributed by atoms with Gasteiger partial charge >= 0.3 is 0 Å². The number of rotatable bonds is 6. The maximum atomic E-state index is 13.5. The highest BCUT2D eigenvalue weighted by molar-refractivity contribution is 8.03. The first-order chi connectivity index (χ1) is 15.9. The van der Waals surface area contributed by atoms with Crippen molar-refractivity contribution in [3.05, 3.63) is 106 Å². The zero-order valence-corrected chi connectivity index (χ0v) is 19.0. The van der Waals surface area contributed by atoms with Gasteiger partial charge in [0.1, 0.15) is 5.82 Å². The molecule has 0 spiro atoms. The smallest absolute Gasteiger partial charge is 0.173 e. The standard InChI is InChI=1S/C27H21FN2O2S/c1-16-25(17(2)31)26(19-9-11-22(28)12-10-19)23(14-29)27(30-16)33-15-24(32)21-8-7-18-5-3-4-6-20(18)13-21/h3-13,26,30H,15H2,1-2H3. The third-order valence-electron chi connectivity index (χ3n) is 5.65. The van der Waals surface area contributed by atoms with Gasteiger partial charge in [-0.3, -0.25) is 9.59 Å². The van der Waals surface area contributed by atoms with Crippen LogP contribution in [0.5, 0.6) is 0 Å². The van der Waals surface area contributed by atoms with Gasteiger partial charge in [0.25, 0.3) is 0 Å². The largest absolute Gasteiger partial charge is 0.353 e. The minimum absolute atomic E-state index is 0.0605. The number of fused-ring (bicyclic) bond motifs is 1. The SMILES string of the molecule is CC(=O)C1=C(C)NC(SCC(=O)c2ccc3ccccc3c2)=C(C#N)C1c1ccc(F)cc1. The molecule has 164 valence electrons. The number of nitrogens with zero attached hydrogens (tertiary/aromatic N) is 1. The maximum Gasteiger partial charge on any atom is 0.173 e. The number of carbonyl (C=O) groups excluding carboxylic acids is 2. The van der Waals surface area contributed by atoms with Crippen LogP contribution in [-0.2, 0) is 4.79 Å². The third kappa shape index (κ3) is 4.59. The summed E-state index contributed by atoms with van der Waals surface area (Å²) in [5.74, 6) is -1.11. The van der Waals surface area contributed by atoms with Gasteiger partial charge in [-0.1, -0.05) is 60.3 Å². The molecule has 33 heavy (non-hydrogen) atoms. The molecule has 0 bridgehead atoms. The van der Waals surface area contributed by atoms with Crippen molar-refractivity contribution in [1.82, 2.24) is 5.32 Å². The van der Waals surface area contributed by atoms with Crippen molar-refractivity contribution < 1.29 is 14.0 Å². The van der Waals surface area contributed by atoms with Gasteiger partial charge in [0.05, 0.1) is 28.3 Å². The summed E-state index contributed by atoms with van der Waals surface area (Å²) >= 11 is 1.23. The highest BCUT2D eigenvalue weighted by Gasteiger charge is 2.33. The first-order valence-electron chi connectivity index (χ1n) is 10.4. The van der Waals surface area contributed by atoms with E-state index in [2.05, 4.69) is 11.4 Å². The number of halogens is 1. The van der Waals surface area contributed by atoms with E-state index in [1.165, 1.54) is 30.8 Å². The molecule has 1 aliphatic rings. The van der Waals surface area contributed by atoms with Crippen molar-refractivity contribution >= 4 is 34.1 Å². The summed E-state index contributed by atoms with van der Waals surface area (Å²) in [6, 6.07) is 21.4. The van der Waals surface area contributed by atoms with Crippen molar-refractivity contribution in [1.29, 1.82) is 5.26 Å². The van der Waals surface area contributed by atoms with Crippen LogP contribution in [0, 0.1) is 17.1 Å². The van der Waals surface area contributed by atoms with Crippen molar-refractivity contribution in [2.45, 2.75) is 19.8 Å². The highest BCUT2D eigenvalue weighted by atomic mass is 32.2. The summed E-state index contributed by atoms with van der Waals surface area (Å²) in [6.07, 6.45) is 0. The number of allylic oxidation sites excluding steroid dienone is 3. The van der Waals surface area contributed by atoms with E-state index < -0.39 is 11.7 Å². The molecular weight excluding hydrogens is 435 g/mol. The average molecular weight is 457 g/mol. The van der Waals surface area contributed by atoms with E-state index in [4.69, 9.17) is 0 Å². The molecule has 3 aromatic rings. The van der Waals surface area contributed by atoms with Gasteiger partial charge in [0, 0.05) is 16.8 Å². The van der Waals surface area contributed by atoms with Crippen LogP contribution in [0.15, 0.2) is 88.6 Å². The second kappa shape index (κ2) is 9.43. The highest BCUT2D eigenvalue weighted by Crippen LogP contribution is 2.41. The van der Waals surface area contributed by atoms with E-state index in [1.807, 2.05) is 36.4 Å². The Bertz CT molecular complexity index is 1370. The van der Waals surface area contributed by atoms with Gasteiger partial charge in [-0.15, -0.1) is 0 Å². The van der Waals surface area contributed by atoms with E-state index in [0.717, 1.165) is 10.8 Å². The second-order valence-corrected chi connectivity index (χ2v) is 8.82. The zero-order chi connectivity index (χ0) is 23.5. The minimum atomic E-state index is -0.618. The Hall–Kier alpha value is -3.69. The molecule has 1 atom stereocenters. The van der Waals surface area contributed by atoms with E-state index in [1.54, 1.807) is 25.1 Å². The molecule has 1 N–H and O–H groups in total. The van der Waals surface area contributed by atoms with Crippen molar-refractivity contribution in [3.63, 3.8) is 0 Å². The molecule has 0 aromatic heterocycles. The molecule has 4 nitrogen and oxygen atoms in total. The number of thioether (sulfide) groups is 1. The summed E-state index contributed by atoms with van der Waals surface area (Å²) in [4.78, 5) is 25.3. The lowest BCUT2D eigenvalue weighted by Crippen LogP contribution is -2.27. The average Bonchev–Trinajstić information content (AvgIpc) is 2.82. The summed E-state index contributed by atoms with van der Waals surface area (Å²) in [6.45, 7) is 3.22. The monoisotopic (exact) mass is 456 g/mol. The molecule has 0 radical (unpaired) electrons.